The van der Waals surface area contributed by atoms with Crippen molar-refractivity contribution in [3.05, 3.63) is 71.2 Å². The average molecular weight is 526 g/mol. The van der Waals surface area contributed by atoms with Gasteiger partial charge in [0.2, 0.25) is 5.95 Å². The lowest BCUT2D eigenvalue weighted by atomic mass is 10.1. The van der Waals surface area contributed by atoms with Crippen molar-refractivity contribution in [3.8, 4) is 28.6 Å². The fraction of sp³-hybridized carbons (Fsp3) is 0.208. The van der Waals surface area contributed by atoms with Crippen molar-refractivity contribution in [1.29, 1.82) is 0 Å². The van der Waals surface area contributed by atoms with Crippen LogP contribution in [0, 0.1) is 13.0 Å². The Balaban J connectivity index is 1.90. The molecule has 0 fully saturated rings. The Morgan fingerprint density at radius 2 is 1.65 bits per heavy atom. The fourth-order valence-electron chi connectivity index (χ4n) is 3.59. The van der Waals surface area contributed by atoms with E-state index in [1.807, 2.05) is 13.0 Å². The Bertz CT molecular complexity index is 1560. The largest absolute Gasteiger partial charge is 0.494 e. The van der Waals surface area contributed by atoms with Gasteiger partial charge in [0.25, 0.3) is 10.0 Å². The minimum absolute atomic E-state index is 0.0389. The molecule has 192 valence electrons. The van der Waals surface area contributed by atoms with Gasteiger partial charge in [0.1, 0.15) is 17.2 Å². The van der Waals surface area contributed by atoms with Crippen LogP contribution in [0.3, 0.4) is 0 Å². The zero-order chi connectivity index (χ0) is 26.7. The van der Waals surface area contributed by atoms with Crippen molar-refractivity contribution < 1.29 is 22.3 Å². The number of pyridine rings is 1. The Kier molecular flexibility index (Phi) is 7.16. The molecule has 0 atom stereocenters. The number of benzene rings is 1. The fourth-order valence-corrected chi connectivity index (χ4v) is 4.63. The zero-order valence-electron chi connectivity index (χ0n) is 20.7. The quantitative estimate of drug-likeness (QED) is 0.341. The van der Waals surface area contributed by atoms with Gasteiger partial charge in [-0.05, 0) is 50.1 Å². The van der Waals surface area contributed by atoms with Gasteiger partial charge in [-0.3, -0.25) is 9.55 Å². The first-order valence-corrected chi connectivity index (χ1v) is 12.4. The first-order valence-electron chi connectivity index (χ1n) is 10.9. The molecule has 11 nitrogen and oxygen atoms in total. The molecule has 13 heteroatoms. The van der Waals surface area contributed by atoms with E-state index >= 15 is 0 Å². The predicted molar refractivity (Wildman–Crippen MR) is 135 cm³/mol. The van der Waals surface area contributed by atoms with Crippen LogP contribution in [0.15, 0.2) is 54.0 Å². The first-order chi connectivity index (χ1) is 17.7. The van der Waals surface area contributed by atoms with Gasteiger partial charge in [0.05, 0.1) is 19.1 Å². The number of hydrogen-bond donors (Lipinski definition) is 1. The summed E-state index contributed by atoms with van der Waals surface area (Å²) in [6.45, 7) is 4.86. The topological polar surface area (TPSA) is 134 Å². The van der Waals surface area contributed by atoms with E-state index in [2.05, 4.69) is 29.9 Å². The molecule has 4 rings (SSSR count). The summed E-state index contributed by atoms with van der Waals surface area (Å²) in [5.74, 6) is 0.991. The molecule has 4 aromatic rings. The number of sulfonamides is 1. The average Bonchev–Trinajstić information content (AvgIpc) is 3.29. The molecule has 1 aromatic carbocycles. The van der Waals surface area contributed by atoms with Crippen molar-refractivity contribution in [2.75, 3.05) is 18.9 Å². The maximum absolute atomic E-state index is 13.4. The van der Waals surface area contributed by atoms with Crippen LogP contribution in [0.2, 0.25) is 0 Å². The number of ether oxygens (including phenoxy) is 2. The molecule has 0 amide bonds. The van der Waals surface area contributed by atoms with Crippen LogP contribution >= 0.6 is 0 Å². The number of aryl methyl sites for hydroxylation is 1. The molecule has 0 bridgehead atoms. The highest BCUT2D eigenvalue weighted by Crippen LogP contribution is 2.38. The number of nitrogens with zero attached hydrogens (tertiary/aromatic N) is 6. The number of aromatic nitrogens is 6. The third-order valence-electron chi connectivity index (χ3n) is 5.63. The Morgan fingerprint density at radius 3 is 2.24 bits per heavy atom. The van der Waals surface area contributed by atoms with Gasteiger partial charge >= 0.3 is 6.08 Å². The molecule has 0 aliphatic carbocycles. The van der Waals surface area contributed by atoms with Gasteiger partial charge in [-0.25, -0.2) is 23.1 Å². The van der Waals surface area contributed by atoms with Crippen LogP contribution in [0.4, 0.5) is 10.3 Å². The van der Waals surface area contributed by atoms with Gasteiger partial charge in [-0.2, -0.15) is 4.39 Å². The molecule has 0 spiro atoms. The third kappa shape index (κ3) is 5.11. The van der Waals surface area contributed by atoms with Crippen LogP contribution in [-0.4, -0.2) is 52.4 Å². The van der Waals surface area contributed by atoms with Crippen molar-refractivity contribution in [2.45, 2.75) is 20.8 Å². The Morgan fingerprint density at radius 1 is 1.00 bits per heavy atom. The van der Waals surface area contributed by atoms with Crippen molar-refractivity contribution in [1.82, 2.24) is 29.7 Å². The number of para-hydroxylation sites is 1. The van der Waals surface area contributed by atoms with Gasteiger partial charge in [-0.1, -0.05) is 6.07 Å². The minimum Gasteiger partial charge on any atom is -0.494 e. The third-order valence-corrected chi connectivity index (χ3v) is 7.20. The molecule has 3 aromatic heterocycles. The molecule has 0 unspecified atom stereocenters. The lowest BCUT2D eigenvalue weighted by Gasteiger charge is -2.18. The van der Waals surface area contributed by atoms with E-state index in [1.165, 1.54) is 38.1 Å². The summed E-state index contributed by atoms with van der Waals surface area (Å²) < 4.78 is 55.2. The SMILES string of the molecule is COc1cccc(OC)c1-n1c(NS(=O)(=O)/C(C)=C(\C)c2cnc(F)nc2)nnc1-c1cncc(C)c1. The molecule has 0 radical (unpaired) electrons. The second kappa shape index (κ2) is 10.3. The molecule has 0 aliphatic rings. The summed E-state index contributed by atoms with van der Waals surface area (Å²) in [5.41, 5.74) is 2.53. The van der Waals surface area contributed by atoms with E-state index in [-0.39, 0.29) is 10.9 Å². The Hall–Kier alpha value is -4.39. The number of methoxy groups -OCH3 is 2. The van der Waals surface area contributed by atoms with Crippen LogP contribution in [0.1, 0.15) is 25.0 Å². The van der Waals surface area contributed by atoms with Crippen LogP contribution in [0.5, 0.6) is 11.5 Å². The van der Waals surface area contributed by atoms with Crippen molar-refractivity contribution in [3.63, 3.8) is 0 Å². The number of hydrogen-bond acceptors (Lipinski definition) is 9. The normalized spacial score (nSPS) is 12.2. The highest BCUT2D eigenvalue weighted by molar-refractivity contribution is 7.96. The van der Waals surface area contributed by atoms with E-state index in [0.29, 0.717) is 39.7 Å². The summed E-state index contributed by atoms with van der Waals surface area (Å²) in [6, 6.07) is 7.00. The second-order valence-corrected chi connectivity index (χ2v) is 9.80. The number of nitrogens with one attached hydrogen (secondary N) is 1. The van der Waals surface area contributed by atoms with Crippen LogP contribution in [-0.2, 0) is 10.0 Å². The van der Waals surface area contributed by atoms with E-state index < -0.39 is 16.1 Å². The van der Waals surface area contributed by atoms with Crippen LogP contribution in [0.25, 0.3) is 22.6 Å². The number of anilines is 1. The maximum atomic E-state index is 13.4. The van der Waals surface area contributed by atoms with Gasteiger partial charge < -0.3 is 9.47 Å². The zero-order valence-corrected chi connectivity index (χ0v) is 21.5. The second-order valence-electron chi connectivity index (χ2n) is 7.97. The Labute approximate surface area is 213 Å². The molecule has 37 heavy (non-hydrogen) atoms. The number of allylic oxidation sites excluding steroid dienone is 2. The van der Waals surface area contributed by atoms with Crippen molar-refractivity contribution >= 4 is 21.5 Å². The van der Waals surface area contributed by atoms with E-state index in [1.54, 1.807) is 37.5 Å². The van der Waals surface area contributed by atoms with E-state index in [9.17, 15) is 12.8 Å². The molecular weight excluding hydrogens is 501 g/mol. The molecule has 0 saturated heterocycles. The standard InChI is InChI=1S/C24H24FN7O4S/c1-14-9-17(11-26-10-14)22-29-30-24(32(22)21-19(35-4)7-6-8-20(21)36-5)31-37(33,34)16(3)15(2)18-12-27-23(25)28-13-18/h6-13H,1-5H3,(H,30,31)/b16-15+. The van der Waals surface area contributed by atoms with E-state index in [4.69, 9.17) is 9.47 Å². The van der Waals surface area contributed by atoms with Crippen LogP contribution < -0.4 is 14.2 Å². The summed E-state index contributed by atoms with van der Waals surface area (Å²) in [5, 5.41) is 8.42. The monoisotopic (exact) mass is 525 g/mol. The lowest BCUT2D eigenvalue weighted by Crippen LogP contribution is -2.18. The van der Waals surface area contributed by atoms with Gasteiger partial charge in [0, 0.05) is 35.9 Å². The first kappa shape index (κ1) is 25.7. The molecule has 0 saturated carbocycles. The predicted octanol–water partition coefficient (Wildman–Crippen LogP) is 3.78. The smallest absolute Gasteiger partial charge is 0.308 e. The van der Waals surface area contributed by atoms with E-state index in [0.717, 1.165) is 5.56 Å². The lowest BCUT2D eigenvalue weighted by molar-refractivity contribution is 0.391. The summed E-state index contributed by atoms with van der Waals surface area (Å²) in [7, 11) is -1.18. The highest BCUT2D eigenvalue weighted by atomic mass is 32.2. The molecular formula is C24H24FN7O4S. The van der Waals surface area contributed by atoms with Gasteiger partial charge in [-0.15, -0.1) is 10.2 Å². The number of rotatable bonds is 8. The maximum Gasteiger partial charge on any atom is 0.308 e. The van der Waals surface area contributed by atoms with Crippen molar-refractivity contribution in [2.24, 2.45) is 0 Å². The molecule has 0 aliphatic heterocycles. The minimum atomic E-state index is -4.16. The highest BCUT2D eigenvalue weighted by Gasteiger charge is 2.26. The number of halogens is 1. The summed E-state index contributed by atoms with van der Waals surface area (Å²) in [6.07, 6.45) is 4.79. The molecule has 3 heterocycles. The molecule has 1 N–H and O–H groups in total. The summed E-state index contributed by atoms with van der Waals surface area (Å²) in [4.78, 5) is 11.2. The summed E-state index contributed by atoms with van der Waals surface area (Å²) >= 11 is 0. The van der Waals surface area contributed by atoms with Gasteiger partial charge in [0.15, 0.2) is 5.82 Å².